The number of alkyl halides is 12. The largest absolute Gasteiger partial charge is 0.421 e. The molecule has 0 atom stereocenters. The molecule has 0 aromatic rings. The van der Waals surface area contributed by atoms with Crippen molar-refractivity contribution >= 4 is 0 Å². The van der Waals surface area contributed by atoms with Crippen LogP contribution in [0, 0.1) is 40.7 Å². The van der Waals surface area contributed by atoms with Crippen molar-refractivity contribution in [3.05, 3.63) is 90.3 Å². The Bertz CT molecular complexity index is 2070. The Labute approximate surface area is 402 Å². The zero-order chi connectivity index (χ0) is 53.1. The minimum Gasteiger partial charge on any atom is -0.395 e. The average molecular weight is 1010 g/mol. The van der Waals surface area contributed by atoms with E-state index in [0.717, 1.165) is 13.8 Å². The Morgan fingerprint density at radius 3 is 1.14 bits per heavy atom. The van der Waals surface area contributed by atoms with Crippen molar-refractivity contribution in [2.24, 2.45) is 16.2 Å². The quantitative estimate of drug-likeness (QED) is 0.0594. The molecule has 3 N–H and O–H groups in total. The molecule has 0 aromatic carbocycles. The molecule has 10 nitrogen and oxygen atoms in total. The second-order valence-electron chi connectivity index (χ2n) is 19.9. The van der Waals surface area contributed by atoms with E-state index >= 15 is 0 Å². The van der Waals surface area contributed by atoms with E-state index in [0.29, 0.717) is 43.9 Å². The Kier molecular flexibility index (Phi) is 20.6. The van der Waals surface area contributed by atoms with Crippen molar-refractivity contribution < 1.29 is 66.9 Å². The molecule has 3 aliphatic carbocycles. The standard InChI is InChI=1S/C48H63F12N7O3/c1-30(45(49,50)51)32-23-42(3,4)27-37(39(32)62-9)65-12-18-69-21-15-67(16-22-70-19-13-66-38-28-43(5,6)24-33(40(38)63-10)31(2)46(52,53)54)14-20-68-17-11-64-36-26-44(7,8)25-34(35(36)29-61)41(47(55,56)57)48(58,59)60/h64-66H,11-28H2,1-8H3/b32-30+,33-31+. The van der Waals surface area contributed by atoms with Crippen LogP contribution in [-0.4, -0.2) is 109 Å². The Hall–Kier alpha value is -4.69. The van der Waals surface area contributed by atoms with Crippen LogP contribution in [0.4, 0.5) is 52.7 Å². The van der Waals surface area contributed by atoms with Crippen LogP contribution in [-0.2, 0) is 14.2 Å². The summed E-state index contributed by atoms with van der Waals surface area (Å²) in [6.45, 7) is 29.5. The van der Waals surface area contributed by atoms with E-state index in [-0.39, 0.29) is 107 Å². The first-order valence-electron chi connectivity index (χ1n) is 22.6. The lowest BCUT2D eigenvalue weighted by molar-refractivity contribution is -0.173. The van der Waals surface area contributed by atoms with Crippen LogP contribution in [0.5, 0.6) is 0 Å². The van der Waals surface area contributed by atoms with Crippen LogP contribution in [0.3, 0.4) is 0 Å². The van der Waals surface area contributed by atoms with E-state index in [1.165, 1.54) is 13.8 Å². The highest BCUT2D eigenvalue weighted by atomic mass is 19.4. The van der Waals surface area contributed by atoms with E-state index in [4.69, 9.17) is 27.4 Å². The third kappa shape index (κ3) is 17.6. The number of hydrogen-bond acceptors (Lipinski definition) is 8. The molecule has 0 heterocycles. The van der Waals surface area contributed by atoms with Gasteiger partial charge in [-0.1, -0.05) is 41.5 Å². The SMILES string of the molecule is [C-]#[N+]C1=C(NCCOCCN(CCOCCNC2=C(C#N)C(=C(C(F)(F)F)C(F)(F)F)CC(C)(C)C2)CCOCCNC2=C([N+]#[C-])/C(=C(\C)C(F)(F)F)CC(C)(C)C2)CC(C)(C)C/C1=C(/C)C(F)(F)F. The van der Waals surface area contributed by atoms with Crippen molar-refractivity contribution in [2.75, 3.05) is 78.9 Å². The zero-order valence-corrected chi connectivity index (χ0v) is 40.8. The van der Waals surface area contributed by atoms with Crippen LogP contribution in [0.25, 0.3) is 9.69 Å². The van der Waals surface area contributed by atoms with Gasteiger partial charge in [0.2, 0.25) is 11.4 Å². The van der Waals surface area contributed by atoms with Crippen molar-refractivity contribution in [2.45, 2.75) is 119 Å². The van der Waals surface area contributed by atoms with Crippen LogP contribution in [0.15, 0.2) is 67.5 Å². The maximum atomic E-state index is 13.7. The molecule has 0 fully saturated rings. The molecule has 0 unspecified atom stereocenters. The molecular weight excluding hydrogens is 951 g/mol. The van der Waals surface area contributed by atoms with E-state index in [1.807, 2.05) is 32.6 Å². The van der Waals surface area contributed by atoms with Gasteiger partial charge in [-0.15, -0.1) is 0 Å². The minimum atomic E-state index is -5.75. The first-order chi connectivity index (χ1) is 32.2. The van der Waals surface area contributed by atoms with Crippen molar-refractivity contribution in [3.63, 3.8) is 0 Å². The maximum absolute atomic E-state index is 13.7. The molecule has 70 heavy (non-hydrogen) atoms. The molecule has 0 amide bonds. The lowest BCUT2D eigenvalue weighted by atomic mass is 9.72. The number of nitrogens with zero attached hydrogens (tertiary/aromatic N) is 4. The minimum absolute atomic E-state index is 0.0133. The number of nitrogens with one attached hydrogen (secondary N) is 3. The summed E-state index contributed by atoms with van der Waals surface area (Å²) in [5.41, 5.74) is -7.78. The normalized spacial score (nSPS) is 20.2. The highest BCUT2D eigenvalue weighted by Gasteiger charge is 2.54. The second kappa shape index (κ2) is 24.2. The first kappa shape index (κ1) is 59.6. The van der Waals surface area contributed by atoms with Gasteiger partial charge in [0.15, 0.2) is 0 Å². The average Bonchev–Trinajstić information content (AvgIpc) is 3.20. The van der Waals surface area contributed by atoms with E-state index < -0.39 is 75.2 Å². The molecular formula is C48H63F12N7O3. The summed E-state index contributed by atoms with van der Waals surface area (Å²) in [7, 11) is 0. The summed E-state index contributed by atoms with van der Waals surface area (Å²) in [5.74, 6) is 0. The summed E-state index contributed by atoms with van der Waals surface area (Å²) in [4.78, 5) is 8.81. The van der Waals surface area contributed by atoms with E-state index in [2.05, 4.69) is 25.6 Å². The summed E-state index contributed by atoms with van der Waals surface area (Å²) < 4.78 is 182. The predicted octanol–water partition coefficient (Wildman–Crippen LogP) is 11.8. The topological polar surface area (TPSA) is 99.5 Å². The molecule has 3 aliphatic rings. The lowest BCUT2D eigenvalue weighted by Crippen LogP contribution is -2.36. The number of halogens is 12. The van der Waals surface area contributed by atoms with E-state index in [1.54, 1.807) is 6.07 Å². The van der Waals surface area contributed by atoms with Gasteiger partial charge >= 0.3 is 24.7 Å². The number of ether oxygens (including phenoxy) is 3. The number of allylic oxidation sites excluding steroid dienone is 10. The third-order valence-electron chi connectivity index (χ3n) is 12.0. The monoisotopic (exact) mass is 1010 g/mol. The molecule has 22 heteroatoms. The lowest BCUT2D eigenvalue weighted by Gasteiger charge is -2.35. The summed E-state index contributed by atoms with van der Waals surface area (Å²) >= 11 is 0. The van der Waals surface area contributed by atoms with Gasteiger partial charge in [0.25, 0.3) is 0 Å². The van der Waals surface area contributed by atoms with Crippen LogP contribution in [0.2, 0.25) is 0 Å². The van der Waals surface area contributed by atoms with Crippen LogP contribution in [0.1, 0.15) is 93.9 Å². The van der Waals surface area contributed by atoms with Crippen LogP contribution >= 0.6 is 0 Å². The molecule has 0 aliphatic heterocycles. The Morgan fingerprint density at radius 1 is 0.529 bits per heavy atom. The fourth-order valence-electron chi connectivity index (χ4n) is 8.69. The van der Waals surface area contributed by atoms with Gasteiger partial charge in [-0.3, -0.25) is 4.90 Å². The van der Waals surface area contributed by atoms with Gasteiger partial charge in [-0.25, -0.2) is 9.69 Å². The predicted molar refractivity (Wildman–Crippen MR) is 238 cm³/mol. The van der Waals surface area contributed by atoms with E-state index in [9.17, 15) is 57.9 Å². The summed E-state index contributed by atoms with van der Waals surface area (Å²) in [6, 6.07) is 1.54. The molecule has 0 radical (unpaired) electrons. The molecule has 3 rings (SSSR count). The zero-order valence-electron chi connectivity index (χ0n) is 40.8. The Morgan fingerprint density at radius 2 is 0.843 bits per heavy atom. The highest BCUT2D eigenvalue weighted by molar-refractivity contribution is 5.53. The smallest absolute Gasteiger partial charge is 0.395 e. The van der Waals surface area contributed by atoms with Crippen molar-refractivity contribution in [1.82, 2.24) is 20.9 Å². The van der Waals surface area contributed by atoms with Crippen molar-refractivity contribution in [1.29, 1.82) is 5.26 Å². The number of nitriles is 1. The molecule has 0 saturated heterocycles. The van der Waals surface area contributed by atoms with Crippen LogP contribution < -0.4 is 16.0 Å². The molecule has 0 aromatic heterocycles. The van der Waals surface area contributed by atoms with Gasteiger partial charge in [0, 0.05) is 67.5 Å². The maximum Gasteiger partial charge on any atom is 0.421 e. The summed E-state index contributed by atoms with van der Waals surface area (Å²) in [6.07, 6.45) is -20.4. The fourth-order valence-corrected chi connectivity index (χ4v) is 8.69. The summed E-state index contributed by atoms with van der Waals surface area (Å²) in [5, 5.41) is 18.7. The number of rotatable bonds is 21. The van der Waals surface area contributed by atoms with Crippen molar-refractivity contribution in [3.8, 4) is 6.07 Å². The van der Waals surface area contributed by atoms with Gasteiger partial charge < -0.3 is 30.2 Å². The highest BCUT2D eigenvalue weighted by Crippen LogP contribution is 2.50. The number of hydrogen-bond donors (Lipinski definition) is 3. The molecule has 392 valence electrons. The molecule has 0 saturated carbocycles. The van der Waals surface area contributed by atoms with Gasteiger partial charge in [-0.2, -0.15) is 57.9 Å². The molecule has 0 spiro atoms. The van der Waals surface area contributed by atoms with Gasteiger partial charge in [-0.05, 0) is 85.3 Å². The van der Waals surface area contributed by atoms with Gasteiger partial charge in [0.1, 0.15) is 11.6 Å². The second-order valence-corrected chi connectivity index (χ2v) is 19.9. The fraction of sp³-hybridized carbons (Fsp3) is 0.688. The third-order valence-corrected chi connectivity index (χ3v) is 12.0. The first-order valence-corrected chi connectivity index (χ1v) is 22.6. The molecule has 0 bridgehead atoms. The van der Waals surface area contributed by atoms with Gasteiger partial charge in [0.05, 0.1) is 58.4 Å². The Balaban J connectivity index is 1.66.